The molecule has 0 aromatic heterocycles. The van der Waals surface area contributed by atoms with E-state index in [1.165, 1.54) is 11.8 Å². The second-order valence-corrected chi connectivity index (χ2v) is 5.90. The number of benzene rings is 2. The van der Waals surface area contributed by atoms with Crippen molar-refractivity contribution < 1.29 is 14.3 Å². The Morgan fingerprint density at radius 2 is 1.74 bits per heavy atom. The Hall–Kier alpha value is -2.27. The van der Waals surface area contributed by atoms with Gasteiger partial charge in [0.1, 0.15) is 0 Å². The van der Waals surface area contributed by atoms with E-state index in [1.807, 2.05) is 49.6 Å². The maximum Gasteiger partial charge on any atom is 0.340 e. The second kappa shape index (κ2) is 7.83. The van der Waals surface area contributed by atoms with Gasteiger partial charge in [-0.25, -0.2) is 4.79 Å². The summed E-state index contributed by atoms with van der Waals surface area (Å²) in [5, 5.41) is 2.77. The minimum atomic E-state index is -0.878. The third kappa shape index (κ3) is 4.36. The van der Waals surface area contributed by atoms with Gasteiger partial charge in [0.2, 0.25) is 0 Å². The molecular formula is C18H19NO3S. The Bertz CT molecular complexity index is 715. The smallest absolute Gasteiger partial charge is 0.340 e. The van der Waals surface area contributed by atoms with Crippen molar-refractivity contribution in [3.8, 4) is 0 Å². The second-order valence-electron chi connectivity index (χ2n) is 5.05. The number of rotatable bonds is 5. The first kappa shape index (κ1) is 17.1. The van der Waals surface area contributed by atoms with Crippen LogP contribution in [0.15, 0.2) is 53.4 Å². The standard InChI is InChI=1S/C18H19NO3S/c1-12-8-4-6-10-15(12)19-17(20)13(2)22-18(21)14-9-5-7-11-16(14)23-3/h4-11,13H,1-3H3,(H,19,20)/t13-/m1/s1. The lowest BCUT2D eigenvalue weighted by Gasteiger charge is -2.15. The van der Waals surface area contributed by atoms with Gasteiger partial charge in [0.25, 0.3) is 5.91 Å². The molecule has 2 aromatic rings. The normalized spacial score (nSPS) is 11.6. The number of para-hydroxylation sites is 1. The van der Waals surface area contributed by atoms with E-state index in [4.69, 9.17) is 4.74 Å². The fraction of sp³-hybridized carbons (Fsp3) is 0.222. The van der Waals surface area contributed by atoms with Crippen LogP contribution in [0.25, 0.3) is 0 Å². The Morgan fingerprint density at radius 3 is 2.43 bits per heavy atom. The quantitative estimate of drug-likeness (QED) is 0.668. The van der Waals surface area contributed by atoms with Crippen LogP contribution in [-0.4, -0.2) is 24.2 Å². The summed E-state index contributed by atoms with van der Waals surface area (Å²) in [4.78, 5) is 25.3. The van der Waals surface area contributed by atoms with Crippen molar-refractivity contribution in [1.29, 1.82) is 0 Å². The Balaban J connectivity index is 2.03. The number of hydrogen-bond acceptors (Lipinski definition) is 4. The first-order valence-corrected chi connectivity index (χ1v) is 8.46. The molecule has 1 atom stereocenters. The zero-order chi connectivity index (χ0) is 16.8. The first-order chi connectivity index (χ1) is 11.0. The van der Waals surface area contributed by atoms with Gasteiger partial charge in [-0.1, -0.05) is 30.3 Å². The SMILES string of the molecule is CSc1ccccc1C(=O)O[C@H](C)C(=O)Nc1ccccc1C. The molecular weight excluding hydrogens is 310 g/mol. The summed E-state index contributed by atoms with van der Waals surface area (Å²) in [7, 11) is 0. The fourth-order valence-electron chi connectivity index (χ4n) is 2.04. The number of anilines is 1. The highest BCUT2D eigenvalue weighted by molar-refractivity contribution is 7.98. The van der Waals surface area contributed by atoms with Crippen molar-refractivity contribution >= 4 is 29.3 Å². The van der Waals surface area contributed by atoms with Gasteiger partial charge in [-0.05, 0) is 43.9 Å². The number of hydrogen-bond donors (Lipinski definition) is 1. The third-order valence-corrected chi connectivity index (χ3v) is 4.18. The number of nitrogens with one attached hydrogen (secondary N) is 1. The van der Waals surface area contributed by atoms with Crippen LogP contribution in [-0.2, 0) is 9.53 Å². The molecule has 0 heterocycles. The molecule has 0 aliphatic rings. The van der Waals surface area contributed by atoms with Gasteiger partial charge in [0.15, 0.2) is 6.10 Å². The average Bonchev–Trinajstić information content (AvgIpc) is 2.56. The van der Waals surface area contributed by atoms with Crippen molar-refractivity contribution in [1.82, 2.24) is 0 Å². The molecule has 0 radical (unpaired) electrons. The number of amides is 1. The summed E-state index contributed by atoms with van der Waals surface area (Å²) in [5.74, 6) is -0.850. The average molecular weight is 329 g/mol. The van der Waals surface area contributed by atoms with Gasteiger partial charge < -0.3 is 10.1 Å². The fourth-order valence-corrected chi connectivity index (χ4v) is 2.62. The van der Waals surface area contributed by atoms with E-state index in [9.17, 15) is 9.59 Å². The summed E-state index contributed by atoms with van der Waals surface area (Å²) in [6.07, 6.45) is 1.01. The van der Waals surface area contributed by atoms with E-state index in [1.54, 1.807) is 19.1 Å². The molecule has 4 nitrogen and oxygen atoms in total. The molecule has 120 valence electrons. The summed E-state index contributed by atoms with van der Waals surface area (Å²) in [5.41, 5.74) is 2.13. The van der Waals surface area contributed by atoms with Crippen molar-refractivity contribution in [2.75, 3.05) is 11.6 Å². The minimum Gasteiger partial charge on any atom is -0.449 e. The van der Waals surface area contributed by atoms with Crippen LogP contribution in [0.4, 0.5) is 5.69 Å². The van der Waals surface area contributed by atoms with E-state index >= 15 is 0 Å². The largest absolute Gasteiger partial charge is 0.449 e. The molecule has 5 heteroatoms. The molecule has 0 unspecified atom stereocenters. The van der Waals surface area contributed by atoms with Crippen LogP contribution in [0.5, 0.6) is 0 Å². The third-order valence-electron chi connectivity index (χ3n) is 3.38. The zero-order valence-corrected chi connectivity index (χ0v) is 14.1. The summed E-state index contributed by atoms with van der Waals surface area (Å²) < 4.78 is 5.29. The van der Waals surface area contributed by atoms with Gasteiger partial charge in [-0.3, -0.25) is 4.79 Å². The summed E-state index contributed by atoms with van der Waals surface area (Å²) in [6, 6.07) is 14.6. The molecule has 1 amide bonds. The van der Waals surface area contributed by atoms with Crippen molar-refractivity contribution in [3.05, 3.63) is 59.7 Å². The maximum atomic E-state index is 12.2. The molecule has 23 heavy (non-hydrogen) atoms. The number of aryl methyl sites for hydroxylation is 1. The highest BCUT2D eigenvalue weighted by Gasteiger charge is 2.20. The number of thioether (sulfide) groups is 1. The predicted octanol–water partition coefficient (Wildman–Crippen LogP) is 3.90. The first-order valence-electron chi connectivity index (χ1n) is 7.23. The molecule has 2 rings (SSSR count). The molecule has 0 spiro atoms. The van der Waals surface area contributed by atoms with Crippen molar-refractivity contribution in [3.63, 3.8) is 0 Å². The lowest BCUT2D eigenvalue weighted by atomic mass is 10.2. The van der Waals surface area contributed by atoms with Gasteiger partial charge >= 0.3 is 5.97 Å². The molecule has 0 bridgehead atoms. The number of carbonyl (C=O) groups excluding carboxylic acids is 2. The molecule has 0 saturated carbocycles. The van der Waals surface area contributed by atoms with Crippen molar-refractivity contribution in [2.24, 2.45) is 0 Å². The monoisotopic (exact) mass is 329 g/mol. The van der Waals surface area contributed by atoms with E-state index in [0.717, 1.165) is 10.5 Å². The van der Waals surface area contributed by atoms with Gasteiger partial charge in [0, 0.05) is 10.6 Å². The van der Waals surface area contributed by atoms with Gasteiger partial charge in [-0.15, -0.1) is 11.8 Å². The number of carbonyl (C=O) groups is 2. The predicted molar refractivity (Wildman–Crippen MR) is 92.9 cm³/mol. The molecule has 0 saturated heterocycles. The molecule has 1 N–H and O–H groups in total. The minimum absolute atomic E-state index is 0.353. The summed E-state index contributed by atoms with van der Waals surface area (Å²) >= 11 is 1.46. The summed E-state index contributed by atoms with van der Waals surface area (Å²) in [6.45, 7) is 3.47. The molecule has 0 aliphatic heterocycles. The number of ether oxygens (including phenoxy) is 1. The van der Waals surface area contributed by atoms with Crippen molar-refractivity contribution in [2.45, 2.75) is 24.8 Å². The van der Waals surface area contributed by atoms with Crippen LogP contribution in [0.3, 0.4) is 0 Å². The highest BCUT2D eigenvalue weighted by atomic mass is 32.2. The van der Waals surface area contributed by atoms with E-state index in [0.29, 0.717) is 11.3 Å². The molecule has 2 aromatic carbocycles. The van der Waals surface area contributed by atoms with E-state index < -0.39 is 12.1 Å². The maximum absolute atomic E-state index is 12.2. The van der Waals surface area contributed by atoms with Crippen LogP contribution >= 0.6 is 11.8 Å². The topological polar surface area (TPSA) is 55.4 Å². The van der Waals surface area contributed by atoms with Crippen LogP contribution in [0, 0.1) is 6.92 Å². The highest BCUT2D eigenvalue weighted by Crippen LogP contribution is 2.21. The lowest BCUT2D eigenvalue weighted by molar-refractivity contribution is -0.123. The lowest BCUT2D eigenvalue weighted by Crippen LogP contribution is -2.30. The van der Waals surface area contributed by atoms with Crippen LogP contribution < -0.4 is 5.32 Å². The van der Waals surface area contributed by atoms with E-state index in [2.05, 4.69) is 5.32 Å². The van der Waals surface area contributed by atoms with E-state index in [-0.39, 0.29) is 5.91 Å². The Morgan fingerprint density at radius 1 is 1.09 bits per heavy atom. The molecule has 0 fully saturated rings. The van der Waals surface area contributed by atoms with Crippen LogP contribution in [0.1, 0.15) is 22.8 Å². The van der Waals surface area contributed by atoms with Gasteiger partial charge in [-0.2, -0.15) is 0 Å². The number of esters is 1. The Kier molecular flexibility index (Phi) is 5.82. The Labute approximate surface area is 140 Å². The molecule has 0 aliphatic carbocycles. The van der Waals surface area contributed by atoms with Gasteiger partial charge in [0.05, 0.1) is 5.56 Å². The van der Waals surface area contributed by atoms with Crippen LogP contribution in [0.2, 0.25) is 0 Å². The zero-order valence-electron chi connectivity index (χ0n) is 13.3.